The van der Waals surface area contributed by atoms with Crippen molar-refractivity contribution in [3.05, 3.63) is 0 Å². The van der Waals surface area contributed by atoms with E-state index in [0.717, 1.165) is 0 Å². The molecule has 0 heterocycles. The quantitative estimate of drug-likeness (QED) is 0.281. The van der Waals surface area contributed by atoms with Crippen molar-refractivity contribution >= 4 is 97.8 Å². The Morgan fingerprint density at radius 3 is 0.800 bits per heavy atom. The zero-order valence-corrected chi connectivity index (χ0v) is 1.91. The van der Waals surface area contributed by atoms with Crippen LogP contribution in [0.5, 0.6) is 0 Å². The molecule has 0 radical (unpaired) electrons. The average Bonchev–Trinajstić information content (AvgIpc) is 1.00. The topological polar surface area (TPSA) is 17.1 Å². The standard InChI is InChI=1S/3Na.HOP.3H/c;;;1-2;;;/h;;;2H;;;. The Morgan fingerprint density at radius 1 is 0.800 bits per heavy atom. The third-order valence-electron chi connectivity index (χ3n) is 0. The fraction of sp³-hybridized carbons (Fsp3) is 0. The summed E-state index contributed by atoms with van der Waals surface area (Å²) in [7, 11) is 1.72. The molecule has 5 heteroatoms. The molecule has 0 saturated carbocycles. The predicted octanol–water partition coefficient (Wildman–Crippen LogP) is -1.47. The van der Waals surface area contributed by atoms with E-state index < -0.39 is 0 Å². The van der Waals surface area contributed by atoms with Crippen molar-refractivity contribution in [2.24, 2.45) is 0 Å². The second-order valence-corrected chi connectivity index (χ2v) is 0. The van der Waals surface area contributed by atoms with Gasteiger partial charge in [0.2, 0.25) is 0 Å². The van der Waals surface area contributed by atoms with Gasteiger partial charge in [-0.3, -0.25) is 4.57 Å². The van der Waals surface area contributed by atoms with Gasteiger partial charge in [0.05, 0.1) is 0 Å². The first-order valence-electron chi connectivity index (χ1n) is 0.204. The molecule has 5 heavy (non-hydrogen) atoms. The van der Waals surface area contributed by atoms with Crippen molar-refractivity contribution in [3.8, 4) is 0 Å². The van der Waals surface area contributed by atoms with Crippen LogP contribution in [0.4, 0.5) is 0 Å². The summed E-state index contributed by atoms with van der Waals surface area (Å²) in [5.41, 5.74) is 0. The number of rotatable bonds is 0. The third kappa shape index (κ3) is 19.2. The van der Waals surface area contributed by atoms with Crippen LogP contribution in [-0.2, 0) is 4.57 Å². The van der Waals surface area contributed by atoms with Crippen LogP contribution < -0.4 is 0 Å². The van der Waals surface area contributed by atoms with E-state index in [1.54, 1.807) is 9.12 Å². The summed E-state index contributed by atoms with van der Waals surface area (Å²) in [6.07, 6.45) is 0. The van der Waals surface area contributed by atoms with Crippen LogP contribution in [-0.4, -0.2) is 88.7 Å². The molecule has 0 aromatic carbocycles. The van der Waals surface area contributed by atoms with Crippen molar-refractivity contribution in [2.75, 3.05) is 0 Å². The average molecular weight is 120 g/mol. The molecule has 1 nitrogen and oxygen atoms in total. The normalized spacial score (nSPS) is 0.800. The van der Waals surface area contributed by atoms with Gasteiger partial charge in [0, 0.05) is 0 Å². The van der Waals surface area contributed by atoms with E-state index in [1.807, 2.05) is 0 Å². The molecule has 0 N–H and O–H groups in total. The van der Waals surface area contributed by atoms with Crippen molar-refractivity contribution in [1.29, 1.82) is 0 Å². The van der Waals surface area contributed by atoms with Crippen molar-refractivity contribution in [1.82, 2.24) is 0 Å². The van der Waals surface area contributed by atoms with E-state index in [9.17, 15) is 0 Å². The van der Waals surface area contributed by atoms with E-state index in [4.69, 9.17) is 4.57 Å². The summed E-state index contributed by atoms with van der Waals surface area (Å²) < 4.78 is 8.06. The van der Waals surface area contributed by atoms with E-state index in [2.05, 4.69) is 0 Å². The summed E-state index contributed by atoms with van der Waals surface area (Å²) in [5.74, 6) is 0. The van der Waals surface area contributed by atoms with E-state index >= 15 is 0 Å². The molecular weight excluding hydrogens is 116 g/mol. The molecular formula is H4Na3OP. The second-order valence-electron chi connectivity index (χ2n) is 0. The summed E-state index contributed by atoms with van der Waals surface area (Å²) in [6, 6.07) is 0. The van der Waals surface area contributed by atoms with Gasteiger partial charge in [-0.05, 0) is 0 Å². The first-order chi connectivity index (χ1) is 1.00. The zero-order valence-electron chi connectivity index (χ0n) is 0.908. The molecule has 0 unspecified atom stereocenters. The van der Waals surface area contributed by atoms with Gasteiger partial charge in [-0.25, -0.2) is 0 Å². The number of hydrogen-bond donors (Lipinski definition) is 0. The molecule has 0 spiro atoms. The van der Waals surface area contributed by atoms with Gasteiger partial charge in [-0.15, -0.1) is 0 Å². The summed E-state index contributed by atoms with van der Waals surface area (Å²) >= 11 is 0. The molecule has 0 rings (SSSR count). The SMILES string of the molecule is O=P.[NaH].[NaH].[NaH]. The number of hydrogen-bond acceptors (Lipinski definition) is 1. The second kappa shape index (κ2) is 27.5. The van der Waals surface area contributed by atoms with Crippen LogP contribution in [0.25, 0.3) is 0 Å². The van der Waals surface area contributed by atoms with Crippen LogP contribution in [0.2, 0.25) is 0 Å². The first-order valence-corrected chi connectivity index (χ1v) is 0.612. The Hall–Kier alpha value is 3.10. The molecule has 0 fully saturated rings. The third-order valence-corrected chi connectivity index (χ3v) is 0. The Bertz CT molecular complexity index is 6.85. The fourth-order valence-electron chi connectivity index (χ4n) is 0. The van der Waals surface area contributed by atoms with E-state index in [-0.39, 0.29) is 88.7 Å². The summed E-state index contributed by atoms with van der Waals surface area (Å²) in [4.78, 5) is 0. The fourth-order valence-corrected chi connectivity index (χ4v) is 0. The van der Waals surface area contributed by atoms with Crippen molar-refractivity contribution in [2.45, 2.75) is 0 Å². The van der Waals surface area contributed by atoms with Gasteiger partial charge >= 0.3 is 88.7 Å². The molecule has 0 amide bonds. The Kier molecular flexibility index (Phi) is 134. The zero-order chi connectivity index (χ0) is 2.00. The van der Waals surface area contributed by atoms with Crippen LogP contribution >= 0.6 is 9.12 Å². The van der Waals surface area contributed by atoms with Crippen LogP contribution in [0.15, 0.2) is 0 Å². The molecule has 0 aromatic rings. The van der Waals surface area contributed by atoms with Crippen LogP contribution in [0.3, 0.4) is 0 Å². The maximum absolute atomic E-state index is 8.06. The van der Waals surface area contributed by atoms with Gasteiger partial charge < -0.3 is 0 Å². The van der Waals surface area contributed by atoms with Crippen molar-refractivity contribution < 1.29 is 4.57 Å². The molecule has 0 bridgehead atoms. The van der Waals surface area contributed by atoms with Crippen molar-refractivity contribution in [3.63, 3.8) is 0 Å². The van der Waals surface area contributed by atoms with Crippen LogP contribution in [0, 0.1) is 0 Å². The van der Waals surface area contributed by atoms with Gasteiger partial charge in [-0.1, -0.05) is 0 Å². The minimum absolute atomic E-state index is 0. The predicted molar refractivity (Wildman–Crippen MR) is 30.4 cm³/mol. The van der Waals surface area contributed by atoms with Gasteiger partial charge in [0.15, 0.2) is 0 Å². The van der Waals surface area contributed by atoms with E-state index in [0.29, 0.717) is 0 Å². The van der Waals surface area contributed by atoms with Gasteiger partial charge in [0.25, 0.3) is 0 Å². The molecule has 0 atom stereocenters. The Balaban J connectivity index is -0.00000000167. The Morgan fingerprint density at radius 2 is 0.800 bits per heavy atom. The molecule has 18 valence electrons. The van der Waals surface area contributed by atoms with Crippen LogP contribution in [0.1, 0.15) is 0 Å². The van der Waals surface area contributed by atoms with Gasteiger partial charge in [-0.2, -0.15) is 0 Å². The summed E-state index contributed by atoms with van der Waals surface area (Å²) in [6.45, 7) is 0. The summed E-state index contributed by atoms with van der Waals surface area (Å²) in [5, 5.41) is 0. The minimum atomic E-state index is 0. The molecule has 0 aliphatic carbocycles. The van der Waals surface area contributed by atoms with Gasteiger partial charge in [0.1, 0.15) is 9.12 Å². The first kappa shape index (κ1) is 24.3. The molecule has 0 aromatic heterocycles. The Labute approximate surface area is 100 Å². The molecule has 0 saturated heterocycles. The molecule has 0 aliphatic rings. The molecule has 0 aliphatic heterocycles. The van der Waals surface area contributed by atoms with E-state index in [1.165, 1.54) is 0 Å². The maximum atomic E-state index is 8.06. The monoisotopic (exact) mass is 120 g/mol.